The van der Waals surface area contributed by atoms with E-state index in [0.29, 0.717) is 6.04 Å². The predicted octanol–water partition coefficient (Wildman–Crippen LogP) is 5.31. The van der Waals surface area contributed by atoms with Crippen molar-refractivity contribution in [3.8, 4) is 22.4 Å². The number of nitrogens with zero attached hydrogens (tertiary/aromatic N) is 4. The summed E-state index contributed by atoms with van der Waals surface area (Å²) in [5, 5.41) is 4.63. The van der Waals surface area contributed by atoms with Crippen LogP contribution in [0, 0.1) is 5.92 Å². The first kappa shape index (κ1) is 18.8. The quantitative estimate of drug-likeness (QED) is 0.571. The predicted molar refractivity (Wildman–Crippen MR) is 120 cm³/mol. The maximum Gasteiger partial charge on any atom is 0.254 e. The number of fused-ring (bicyclic) bond motifs is 1. The summed E-state index contributed by atoms with van der Waals surface area (Å²) in [6, 6.07) is 10.8. The van der Waals surface area contributed by atoms with E-state index in [9.17, 15) is 4.79 Å². The lowest BCUT2D eigenvalue weighted by atomic mass is 9.92. The highest BCUT2D eigenvalue weighted by Crippen LogP contribution is 2.36. The van der Waals surface area contributed by atoms with Crippen LogP contribution >= 0.6 is 0 Å². The Kier molecular flexibility index (Phi) is 4.62. The highest BCUT2D eigenvalue weighted by molar-refractivity contribution is 6.00. The van der Waals surface area contributed by atoms with E-state index < -0.39 is 0 Å². The summed E-state index contributed by atoms with van der Waals surface area (Å²) in [6.07, 6.45) is 14.8. The molecule has 1 aromatic carbocycles. The number of aromatic nitrogens is 3. The Morgan fingerprint density at radius 3 is 2.65 bits per heavy atom. The summed E-state index contributed by atoms with van der Waals surface area (Å²) < 4.78 is 2.09. The lowest BCUT2D eigenvalue weighted by Crippen LogP contribution is -2.40. The molecular formula is C26H28N4O. The second-order valence-electron chi connectivity index (χ2n) is 9.39. The van der Waals surface area contributed by atoms with Crippen LogP contribution in [0.2, 0.25) is 0 Å². The van der Waals surface area contributed by atoms with Crippen molar-refractivity contribution in [3.05, 3.63) is 60.0 Å². The lowest BCUT2D eigenvalue weighted by molar-refractivity contribution is 0.0606. The zero-order chi connectivity index (χ0) is 20.8. The molecule has 0 saturated heterocycles. The highest BCUT2D eigenvalue weighted by Gasteiger charge is 2.35. The van der Waals surface area contributed by atoms with Gasteiger partial charge in [-0.05, 0) is 55.7 Å². The maximum absolute atomic E-state index is 13.0. The molecule has 2 aromatic heterocycles. The Labute approximate surface area is 183 Å². The Morgan fingerprint density at radius 2 is 1.84 bits per heavy atom. The molecule has 5 heteroatoms. The lowest BCUT2D eigenvalue weighted by Gasteiger charge is -2.34. The van der Waals surface area contributed by atoms with Crippen molar-refractivity contribution < 1.29 is 4.79 Å². The van der Waals surface area contributed by atoms with E-state index in [0.717, 1.165) is 65.4 Å². The van der Waals surface area contributed by atoms with Crippen LogP contribution in [0.1, 0.15) is 60.9 Å². The number of carbonyl (C=O) groups excluding carboxylic acids is 1. The molecule has 2 fully saturated rings. The van der Waals surface area contributed by atoms with Gasteiger partial charge in [-0.15, -0.1) is 0 Å². The number of pyridine rings is 1. The van der Waals surface area contributed by atoms with Crippen LogP contribution < -0.4 is 0 Å². The molecule has 0 unspecified atom stereocenters. The molecule has 6 rings (SSSR count). The molecule has 0 spiro atoms. The SMILES string of the molecule is O=C1c2cc(-c3ncccc3-c3cnn(CC4CCCC4)c3)ccc2CN1C1CCC1. The van der Waals surface area contributed by atoms with Gasteiger partial charge in [-0.1, -0.05) is 31.0 Å². The number of amides is 1. The third kappa shape index (κ3) is 3.36. The fourth-order valence-electron chi connectivity index (χ4n) is 5.39. The average molecular weight is 413 g/mol. The van der Waals surface area contributed by atoms with Crippen molar-refractivity contribution in [2.75, 3.05) is 0 Å². The van der Waals surface area contributed by atoms with Gasteiger partial charge in [0.05, 0.1) is 11.9 Å². The smallest absolute Gasteiger partial charge is 0.254 e. The minimum Gasteiger partial charge on any atom is -0.331 e. The summed E-state index contributed by atoms with van der Waals surface area (Å²) in [5.74, 6) is 0.936. The van der Waals surface area contributed by atoms with Crippen LogP contribution in [-0.2, 0) is 13.1 Å². The second kappa shape index (κ2) is 7.63. The van der Waals surface area contributed by atoms with Gasteiger partial charge < -0.3 is 4.90 Å². The van der Waals surface area contributed by atoms with Gasteiger partial charge >= 0.3 is 0 Å². The molecule has 0 radical (unpaired) electrons. The van der Waals surface area contributed by atoms with Crippen LogP contribution in [0.5, 0.6) is 0 Å². The van der Waals surface area contributed by atoms with Crippen LogP contribution in [-0.4, -0.2) is 31.6 Å². The summed E-state index contributed by atoms with van der Waals surface area (Å²) in [4.78, 5) is 19.8. The first-order valence-electron chi connectivity index (χ1n) is 11.7. The molecular weight excluding hydrogens is 384 g/mol. The molecule has 1 amide bonds. The molecule has 5 nitrogen and oxygen atoms in total. The molecule has 0 atom stereocenters. The topological polar surface area (TPSA) is 51.0 Å². The first-order valence-corrected chi connectivity index (χ1v) is 11.7. The molecule has 0 bridgehead atoms. The third-order valence-corrected chi connectivity index (χ3v) is 7.40. The van der Waals surface area contributed by atoms with Crippen LogP contribution in [0.15, 0.2) is 48.9 Å². The van der Waals surface area contributed by atoms with Crippen LogP contribution in [0.4, 0.5) is 0 Å². The van der Waals surface area contributed by atoms with Crippen molar-refractivity contribution in [3.63, 3.8) is 0 Å². The van der Waals surface area contributed by atoms with Crippen molar-refractivity contribution in [1.82, 2.24) is 19.7 Å². The molecule has 31 heavy (non-hydrogen) atoms. The monoisotopic (exact) mass is 412 g/mol. The summed E-state index contributed by atoms with van der Waals surface area (Å²) in [7, 11) is 0. The summed E-state index contributed by atoms with van der Waals surface area (Å²) in [6.45, 7) is 1.75. The number of benzene rings is 1. The molecule has 2 saturated carbocycles. The van der Waals surface area contributed by atoms with Gasteiger partial charge in [0.25, 0.3) is 5.91 Å². The number of rotatable bonds is 5. The van der Waals surface area contributed by atoms with Crippen molar-refractivity contribution in [2.24, 2.45) is 5.92 Å². The van der Waals surface area contributed by atoms with Gasteiger partial charge in [-0.25, -0.2) is 0 Å². The second-order valence-corrected chi connectivity index (χ2v) is 9.39. The highest BCUT2D eigenvalue weighted by atomic mass is 16.2. The average Bonchev–Trinajstić information content (AvgIpc) is 3.50. The van der Waals surface area contributed by atoms with Gasteiger partial charge in [0.15, 0.2) is 0 Å². The molecule has 2 aliphatic carbocycles. The Hall–Kier alpha value is -2.95. The van der Waals surface area contributed by atoms with E-state index in [1.54, 1.807) is 0 Å². The normalized spacial score (nSPS) is 19.1. The van der Waals surface area contributed by atoms with E-state index >= 15 is 0 Å². The minimum absolute atomic E-state index is 0.184. The van der Waals surface area contributed by atoms with Crippen molar-refractivity contribution in [2.45, 2.75) is 64.1 Å². The third-order valence-electron chi connectivity index (χ3n) is 7.40. The molecule has 3 aliphatic rings. The molecule has 0 N–H and O–H groups in total. The molecule has 3 heterocycles. The number of hydrogen-bond donors (Lipinski definition) is 0. The van der Waals surface area contributed by atoms with E-state index in [-0.39, 0.29) is 5.91 Å². The Bertz CT molecular complexity index is 1120. The zero-order valence-corrected chi connectivity index (χ0v) is 17.8. The van der Waals surface area contributed by atoms with E-state index in [4.69, 9.17) is 4.98 Å². The first-order chi connectivity index (χ1) is 15.3. The maximum atomic E-state index is 13.0. The number of carbonyl (C=O) groups is 1. The van der Waals surface area contributed by atoms with E-state index in [1.807, 2.05) is 24.5 Å². The van der Waals surface area contributed by atoms with Gasteiger partial charge in [-0.2, -0.15) is 5.10 Å². The Morgan fingerprint density at radius 1 is 0.968 bits per heavy atom. The van der Waals surface area contributed by atoms with Gasteiger partial charge in [0, 0.05) is 53.8 Å². The number of hydrogen-bond acceptors (Lipinski definition) is 3. The van der Waals surface area contributed by atoms with Crippen molar-refractivity contribution in [1.29, 1.82) is 0 Å². The van der Waals surface area contributed by atoms with E-state index in [2.05, 4.69) is 39.1 Å². The van der Waals surface area contributed by atoms with Crippen LogP contribution in [0.3, 0.4) is 0 Å². The minimum atomic E-state index is 0.184. The largest absolute Gasteiger partial charge is 0.331 e. The molecule has 1 aliphatic heterocycles. The standard InChI is InChI=1S/C26H28N4O/c31-26-24-13-19(10-11-20(24)17-30(26)22-7-3-8-22)25-23(9-4-12-27-25)21-14-28-29(16-21)15-18-5-1-2-6-18/h4,9-14,16,18,22H,1-3,5-8,15,17H2. The van der Waals surface area contributed by atoms with Crippen LogP contribution in [0.25, 0.3) is 22.4 Å². The van der Waals surface area contributed by atoms with Gasteiger partial charge in [0.1, 0.15) is 0 Å². The van der Waals surface area contributed by atoms with E-state index in [1.165, 1.54) is 32.1 Å². The molecule has 158 valence electrons. The Balaban J connectivity index is 1.30. The fraction of sp³-hybridized carbons (Fsp3) is 0.423. The van der Waals surface area contributed by atoms with Gasteiger partial charge in [-0.3, -0.25) is 14.5 Å². The summed E-state index contributed by atoms with van der Waals surface area (Å²) >= 11 is 0. The zero-order valence-electron chi connectivity index (χ0n) is 17.8. The van der Waals surface area contributed by atoms with Crippen molar-refractivity contribution >= 4 is 5.91 Å². The van der Waals surface area contributed by atoms with Gasteiger partial charge in [0.2, 0.25) is 0 Å². The molecule has 3 aromatic rings. The fourth-order valence-corrected chi connectivity index (χ4v) is 5.39. The summed E-state index contributed by atoms with van der Waals surface area (Å²) in [5.41, 5.74) is 6.06.